The van der Waals surface area contributed by atoms with Crippen molar-refractivity contribution in [1.29, 1.82) is 0 Å². The van der Waals surface area contributed by atoms with E-state index in [0.29, 0.717) is 25.9 Å². The fourth-order valence-corrected chi connectivity index (χ4v) is 4.34. The first kappa shape index (κ1) is 23.2. The van der Waals surface area contributed by atoms with E-state index in [1.165, 1.54) is 25.4 Å². The predicted octanol–water partition coefficient (Wildman–Crippen LogP) is 4.06. The van der Waals surface area contributed by atoms with Crippen LogP contribution >= 0.6 is 0 Å². The molecule has 0 unspecified atom stereocenters. The molecule has 4 rings (SSSR count). The molecule has 2 aromatic carbocycles. The lowest BCUT2D eigenvalue weighted by Crippen LogP contribution is -2.39. The number of anilines is 1. The number of benzene rings is 2. The van der Waals surface area contributed by atoms with Crippen LogP contribution in [0, 0.1) is 15.9 Å². The first-order valence-electron chi connectivity index (χ1n) is 11.1. The van der Waals surface area contributed by atoms with Gasteiger partial charge in [-0.15, -0.1) is 0 Å². The molecule has 1 fully saturated rings. The smallest absolute Gasteiger partial charge is 0.357 e. The molecule has 0 saturated carbocycles. The molecule has 0 atom stereocenters. The first-order chi connectivity index (χ1) is 16.3. The number of hydrogen-bond donors (Lipinski definition) is 1. The number of nitrogens with one attached hydrogen (secondary N) is 1. The fraction of sp³-hybridized carbons (Fsp3) is 0.280. The Labute approximate surface area is 195 Å². The minimum atomic E-state index is -0.785. The molecule has 1 aromatic heterocycles. The van der Waals surface area contributed by atoms with Crippen molar-refractivity contribution in [3.8, 4) is 0 Å². The van der Waals surface area contributed by atoms with E-state index in [1.54, 1.807) is 17.0 Å². The van der Waals surface area contributed by atoms with Gasteiger partial charge in [-0.1, -0.05) is 42.5 Å². The van der Waals surface area contributed by atoms with Crippen LogP contribution in [0.3, 0.4) is 0 Å². The molecular weight excluding hydrogens is 439 g/mol. The maximum atomic E-state index is 13.5. The average molecular weight is 464 g/mol. The number of aromatic nitrogens is 1. The third kappa shape index (κ3) is 4.83. The summed E-state index contributed by atoms with van der Waals surface area (Å²) in [6, 6.07) is 15.6. The minimum absolute atomic E-state index is 0.0670. The summed E-state index contributed by atoms with van der Waals surface area (Å²) >= 11 is 0. The molecule has 3 aromatic rings. The van der Waals surface area contributed by atoms with Crippen LogP contribution in [-0.2, 0) is 13.6 Å². The van der Waals surface area contributed by atoms with E-state index in [2.05, 4.69) is 5.32 Å². The van der Waals surface area contributed by atoms with Gasteiger partial charge in [0.2, 0.25) is 0 Å². The second kappa shape index (κ2) is 9.86. The van der Waals surface area contributed by atoms with Crippen molar-refractivity contribution in [2.45, 2.75) is 25.3 Å². The van der Waals surface area contributed by atoms with E-state index in [1.807, 2.05) is 30.3 Å². The van der Waals surface area contributed by atoms with Crippen LogP contribution < -0.4 is 10.9 Å². The van der Waals surface area contributed by atoms with E-state index < -0.39 is 16.2 Å². The van der Waals surface area contributed by atoms with E-state index in [9.17, 15) is 24.1 Å². The fourth-order valence-electron chi connectivity index (χ4n) is 4.34. The van der Waals surface area contributed by atoms with Gasteiger partial charge in [0, 0.05) is 32.9 Å². The molecule has 1 amide bonds. The number of aryl methyl sites for hydroxylation is 1. The van der Waals surface area contributed by atoms with Gasteiger partial charge in [0.05, 0.1) is 10.5 Å². The molecule has 1 saturated heterocycles. The van der Waals surface area contributed by atoms with Gasteiger partial charge in [0.15, 0.2) is 0 Å². The molecule has 1 aliphatic heterocycles. The summed E-state index contributed by atoms with van der Waals surface area (Å²) in [7, 11) is 1.40. The number of rotatable bonds is 6. The summed E-state index contributed by atoms with van der Waals surface area (Å²) in [5.74, 6) is -0.454. The Balaban J connectivity index is 1.59. The molecule has 176 valence electrons. The molecule has 0 aliphatic carbocycles. The molecule has 0 radical (unpaired) electrons. The monoisotopic (exact) mass is 464 g/mol. The number of carbonyl (C=O) groups is 1. The Kier molecular flexibility index (Phi) is 6.72. The van der Waals surface area contributed by atoms with Gasteiger partial charge in [-0.05, 0) is 42.0 Å². The van der Waals surface area contributed by atoms with Crippen molar-refractivity contribution in [3.05, 3.63) is 104 Å². The third-order valence-electron chi connectivity index (χ3n) is 6.20. The second-order valence-electron chi connectivity index (χ2n) is 8.40. The highest BCUT2D eigenvalue weighted by Gasteiger charge is 2.31. The van der Waals surface area contributed by atoms with E-state index in [-0.39, 0.29) is 35.4 Å². The average Bonchev–Trinajstić information content (AvgIpc) is 2.85. The largest absolute Gasteiger partial charge is 0.375 e. The van der Waals surface area contributed by atoms with Crippen LogP contribution in [0.4, 0.5) is 15.8 Å². The zero-order chi connectivity index (χ0) is 24.2. The lowest BCUT2D eigenvalue weighted by atomic mass is 9.89. The lowest BCUT2D eigenvalue weighted by molar-refractivity contribution is -0.385. The Hall–Kier alpha value is -4.01. The zero-order valence-electron chi connectivity index (χ0n) is 18.7. The van der Waals surface area contributed by atoms with Crippen LogP contribution in [-0.4, -0.2) is 33.4 Å². The minimum Gasteiger partial charge on any atom is -0.375 e. The summed E-state index contributed by atoms with van der Waals surface area (Å²) in [5, 5.41) is 14.8. The summed E-state index contributed by atoms with van der Waals surface area (Å²) in [5.41, 5.74) is 0.470. The molecule has 9 heteroatoms. The van der Waals surface area contributed by atoms with Crippen LogP contribution in [0.2, 0.25) is 0 Å². The molecule has 1 N–H and O–H groups in total. The number of pyridine rings is 1. The first-order valence-corrected chi connectivity index (χ1v) is 11.1. The molecule has 0 spiro atoms. The molecule has 2 heterocycles. The van der Waals surface area contributed by atoms with E-state index >= 15 is 0 Å². The summed E-state index contributed by atoms with van der Waals surface area (Å²) in [4.78, 5) is 38.7. The number of halogens is 1. The number of nitrogens with zero attached hydrogens (tertiary/aromatic N) is 3. The van der Waals surface area contributed by atoms with Crippen molar-refractivity contribution >= 4 is 17.3 Å². The summed E-state index contributed by atoms with van der Waals surface area (Å²) in [6.45, 7) is 1.13. The van der Waals surface area contributed by atoms with Gasteiger partial charge in [-0.3, -0.25) is 19.7 Å². The molecule has 1 aliphatic rings. The van der Waals surface area contributed by atoms with Crippen molar-refractivity contribution in [1.82, 2.24) is 9.47 Å². The van der Waals surface area contributed by atoms with Gasteiger partial charge < -0.3 is 14.8 Å². The highest BCUT2D eigenvalue weighted by molar-refractivity contribution is 6.01. The standard InChI is InChI=1S/C25H25FN4O4/c1-28-16-21(22(23(25(28)32)30(33)34)27-15-17-5-3-2-4-6-17)24(31)29-13-11-19(12-14-29)18-7-9-20(26)10-8-18/h2-10,16,19,27H,11-15H2,1H3. The van der Waals surface area contributed by atoms with Crippen LogP contribution in [0.5, 0.6) is 0 Å². The summed E-state index contributed by atoms with van der Waals surface area (Å²) < 4.78 is 14.3. The normalized spacial score (nSPS) is 14.1. The Morgan fingerprint density at radius 2 is 1.76 bits per heavy atom. The van der Waals surface area contributed by atoms with Gasteiger partial charge in [0.25, 0.3) is 5.91 Å². The molecular formula is C25H25FN4O4. The maximum absolute atomic E-state index is 13.5. The lowest BCUT2D eigenvalue weighted by Gasteiger charge is -2.32. The van der Waals surface area contributed by atoms with Gasteiger partial charge in [0.1, 0.15) is 11.5 Å². The number of hydrogen-bond acceptors (Lipinski definition) is 5. The predicted molar refractivity (Wildman–Crippen MR) is 126 cm³/mol. The number of piperidine rings is 1. The van der Waals surface area contributed by atoms with Crippen molar-refractivity contribution < 1.29 is 14.1 Å². The maximum Gasteiger partial charge on any atom is 0.357 e. The molecule has 34 heavy (non-hydrogen) atoms. The van der Waals surface area contributed by atoms with Crippen LogP contribution in [0.15, 0.2) is 65.6 Å². The van der Waals surface area contributed by atoms with Crippen molar-refractivity contribution in [2.24, 2.45) is 7.05 Å². The molecule has 8 nitrogen and oxygen atoms in total. The van der Waals surface area contributed by atoms with E-state index in [4.69, 9.17) is 0 Å². The van der Waals surface area contributed by atoms with Gasteiger partial charge in [-0.2, -0.15) is 0 Å². The Morgan fingerprint density at radius 1 is 1.12 bits per heavy atom. The number of likely N-dealkylation sites (tertiary alicyclic amines) is 1. The van der Waals surface area contributed by atoms with Gasteiger partial charge >= 0.3 is 11.2 Å². The van der Waals surface area contributed by atoms with E-state index in [0.717, 1.165) is 15.7 Å². The number of amides is 1. The SMILES string of the molecule is Cn1cc(C(=O)N2CCC(c3ccc(F)cc3)CC2)c(NCc2ccccc2)c([N+](=O)[O-])c1=O. The van der Waals surface area contributed by atoms with Crippen molar-refractivity contribution in [3.63, 3.8) is 0 Å². The molecule has 0 bridgehead atoms. The van der Waals surface area contributed by atoms with Crippen LogP contribution in [0.1, 0.15) is 40.2 Å². The number of carbonyl (C=O) groups excluding carboxylic acids is 1. The highest BCUT2D eigenvalue weighted by atomic mass is 19.1. The third-order valence-corrected chi connectivity index (χ3v) is 6.20. The van der Waals surface area contributed by atoms with Gasteiger partial charge in [-0.25, -0.2) is 4.39 Å². The van der Waals surface area contributed by atoms with Crippen molar-refractivity contribution in [2.75, 3.05) is 18.4 Å². The quantitative estimate of drug-likeness (QED) is 0.438. The zero-order valence-corrected chi connectivity index (χ0v) is 18.7. The van der Waals surface area contributed by atoms with Crippen LogP contribution in [0.25, 0.3) is 0 Å². The Morgan fingerprint density at radius 3 is 2.38 bits per heavy atom. The summed E-state index contributed by atoms with van der Waals surface area (Å²) in [6.07, 6.45) is 2.74. The topological polar surface area (TPSA) is 97.5 Å². The number of nitro groups is 1. The second-order valence-corrected chi connectivity index (χ2v) is 8.40. The highest BCUT2D eigenvalue weighted by Crippen LogP contribution is 2.31. The Bertz CT molecular complexity index is 1250.